The summed E-state index contributed by atoms with van der Waals surface area (Å²) in [6.45, 7) is 1.96. The third-order valence-electron chi connectivity index (χ3n) is 3.69. The first-order valence-corrected chi connectivity index (χ1v) is 7.22. The molecule has 1 aliphatic heterocycles. The monoisotopic (exact) mass is 318 g/mol. The molecule has 0 radical (unpaired) electrons. The Bertz CT molecular complexity index is 770. The summed E-state index contributed by atoms with van der Waals surface area (Å²) in [5, 5.41) is 5.34. The van der Waals surface area contributed by atoms with Crippen molar-refractivity contribution in [2.45, 2.75) is 18.9 Å². The number of benzene rings is 1. The van der Waals surface area contributed by atoms with Crippen molar-refractivity contribution in [3.05, 3.63) is 18.2 Å². The minimum atomic E-state index is -0.986. The van der Waals surface area contributed by atoms with E-state index in [0.717, 1.165) is 0 Å². The summed E-state index contributed by atoms with van der Waals surface area (Å²) in [5.74, 6) is -0.421. The van der Waals surface area contributed by atoms with Gasteiger partial charge in [0.05, 0.1) is 6.61 Å². The first-order valence-electron chi connectivity index (χ1n) is 7.22. The number of rotatable bonds is 3. The molecule has 2 N–H and O–H groups in total. The normalized spacial score (nSPS) is 20.4. The second-order valence-corrected chi connectivity index (χ2v) is 5.87. The molecule has 8 heteroatoms. The molecule has 1 aromatic heterocycles. The van der Waals surface area contributed by atoms with E-state index in [2.05, 4.69) is 15.6 Å². The van der Waals surface area contributed by atoms with Gasteiger partial charge in [-0.3, -0.25) is 0 Å². The third kappa shape index (κ3) is 2.92. The molecule has 8 nitrogen and oxygen atoms in total. The van der Waals surface area contributed by atoms with Crippen molar-refractivity contribution >= 4 is 34.8 Å². The average Bonchev–Trinajstić information content (AvgIpc) is 3.03. The Morgan fingerprint density at radius 2 is 2.17 bits per heavy atom. The summed E-state index contributed by atoms with van der Waals surface area (Å²) >= 11 is 0. The number of nitrogens with zero attached hydrogens (tertiary/aromatic N) is 2. The van der Waals surface area contributed by atoms with Crippen LogP contribution < -0.4 is 15.5 Å². The molecule has 0 aliphatic carbocycles. The highest BCUT2D eigenvalue weighted by molar-refractivity contribution is 5.96. The second-order valence-electron chi connectivity index (χ2n) is 5.87. The van der Waals surface area contributed by atoms with Crippen molar-refractivity contribution in [2.24, 2.45) is 0 Å². The number of ether oxygens (including phenoxy) is 1. The maximum atomic E-state index is 12.1. The number of hydrogen-bond acceptors (Lipinski definition) is 6. The van der Waals surface area contributed by atoms with Crippen molar-refractivity contribution in [3.63, 3.8) is 0 Å². The van der Waals surface area contributed by atoms with Gasteiger partial charge < -0.3 is 24.7 Å². The van der Waals surface area contributed by atoms with E-state index in [1.165, 1.54) is 0 Å². The number of carbonyl (C=O) groups is 2. The summed E-state index contributed by atoms with van der Waals surface area (Å²) in [6, 6.07) is 5.17. The van der Waals surface area contributed by atoms with Crippen LogP contribution in [-0.4, -0.2) is 43.2 Å². The van der Waals surface area contributed by atoms with Crippen molar-refractivity contribution in [2.75, 3.05) is 30.9 Å². The molecule has 0 saturated carbocycles. The lowest BCUT2D eigenvalue weighted by Crippen LogP contribution is -2.51. The van der Waals surface area contributed by atoms with Gasteiger partial charge in [-0.15, -0.1) is 0 Å². The molecule has 1 atom stereocenters. The van der Waals surface area contributed by atoms with E-state index < -0.39 is 17.5 Å². The lowest BCUT2D eigenvalue weighted by Gasteiger charge is -2.20. The molecule has 2 aromatic rings. The van der Waals surface area contributed by atoms with Crippen LogP contribution >= 0.6 is 0 Å². The summed E-state index contributed by atoms with van der Waals surface area (Å²) in [6.07, 6.45) is 0.452. The van der Waals surface area contributed by atoms with Gasteiger partial charge in [0.2, 0.25) is 0 Å². The zero-order chi connectivity index (χ0) is 16.6. The molecular weight excluding hydrogens is 300 g/mol. The van der Waals surface area contributed by atoms with Gasteiger partial charge in [0.15, 0.2) is 5.58 Å². The van der Waals surface area contributed by atoms with E-state index in [1.807, 2.05) is 14.1 Å². The molecule has 0 spiro atoms. The predicted octanol–water partition coefficient (Wildman–Crippen LogP) is 1.72. The molecule has 0 bridgehead atoms. The highest BCUT2D eigenvalue weighted by Gasteiger charge is 2.41. The van der Waals surface area contributed by atoms with Gasteiger partial charge in [0.25, 0.3) is 6.01 Å². The van der Waals surface area contributed by atoms with Gasteiger partial charge in [0, 0.05) is 26.2 Å². The first-order chi connectivity index (χ1) is 10.9. The van der Waals surface area contributed by atoms with E-state index in [0.29, 0.717) is 35.8 Å². The van der Waals surface area contributed by atoms with Gasteiger partial charge in [0.1, 0.15) is 11.1 Å². The van der Waals surface area contributed by atoms with Crippen molar-refractivity contribution in [1.82, 2.24) is 10.3 Å². The number of hydrogen-bond donors (Lipinski definition) is 2. The highest BCUT2D eigenvalue weighted by atomic mass is 16.5. The Morgan fingerprint density at radius 3 is 2.83 bits per heavy atom. The molecule has 1 unspecified atom stereocenters. The van der Waals surface area contributed by atoms with Crippen LogP contribution in [0.3, 0.4) is 0 Å². The fourth-order valence-electron chi connectivity index (χ4n) is 2.32. The van der Waals surface area contributed by atoms with Crippen molar-refractivity contribution < 1.29 is 18.7 Å². The number of urea groups is 1. The first kappa shape index (κ1) is 15.1. The van der Waals surface area contributed by atoms with Gasteiger partial charge in [-0.25, -0.2) is 9.59 Å². The molecule has 3 rings (SSSR count). The summed E-state index contributed by atoms with van der Waals surface area (Å²) in [4.78, 5) is 29.8. The molecule has 23 heavy (non-hydrogen) atoms. The SMILES string of the molecule is CN(C)c1nc2cc(NC(=O)NC3(C)CCOC3=O)ccc2o1. The number of nitrogens with one attached hydrogen (secondary N) is 2. The van der Waals surface area contributed by atoms with E-state index in [1.54, 1.807) is 30.0 Å². The standard InChI is InChI=1S/C15H18N4O4/c1-15(6-7-22-12(15)20)18-13(21)16-9-4-5-11-10(8-9)17-14(23-11)19(2)3/h4-5,8H,6-7H2,1-3H3,(H2,16,18,21). The Morgan fingerprint density at radius 1 is 1.39 bits per heavy atom. The molecule has 1 aliphatic rings. The van der Waals surface area contributed by atoms with Gasteiger partial charge in [-0.2, -0.15) is 4.98 Å². The fourth-order valence-corrected chi connectivity index (χ4v) is 2.32. The summed E-state index contributed by atoms with van der Waals surface area (Å²) in [7, 11) is 3.66. The molecule has 1 saturated heterocycles. The zero-order valence-electron chi connectivity index (χ0n) is 13.2. The third-order valence-corrected chi connectivity index (χ3v) is 3.69. The number of fused-ring (bicyclic) bond motifs is 1. The second kappa shape index (κ2) is 5.45. The van der Waals surface area contributed by atoms with Crippen LogP contribution in [0.4, 0.5) is 16.5 Å². The van der Waals surface area contributed by atoms with E-state index >= 15 is 0 Å². The number of oxazole rings is 1. The topological polar surface area (TPSA) is 96.7 Å². The average molecular weight is 318 g/mol. The lowest BCUT2D eigenvalue weighted by molar-refractivity contribution is -0.142. The predicted molar refractivity (Wildman–Crippen MR) is 84.5 cm³/mol. The summed E-state index contributed by atoms with van der Waals surface area (Å²) in [5.41, 5.74) is 0.840. The molecule has 2 heterocycles. The maximum absolute atomic E-state index is 12.1. The molecule has 1 fully saturated rings. The van der Waals surface area contributed by atoms with E-state index in [4.69, 9.17) is 9.15 Å². The Kier molecular flexibility index (Phi) is 3.59. The number of anilines is 2. The van der Waals surface area contributed by atoms with E-state index in [9.17, 15) is 9.59 Å². The van der Waals surface area contributed by atoms with Crippen LogP contribution in [0.5, 0.6) is 0 Å². The largest absolute Gasteiger partial charge is 0.464 e. The smallest absolute Gasteiger partial charge is 0.331 e. The molecule has 1 aromatic carbocycles. The summed E-state index contributed by atoms with van der Waals surface area (Å²) < 4.78 is 10.4. The van der Waals surface area contributed by atoms with Crippen LogP contribution in [0.25, 0.3) is 11.1 Å². The lowest BCUT2D eigenvalue weighted by atomic mass is 10.0. The highest BCUT2D eigenvalue weighted by Crippen LogP contribution is 2.24. The van der Waals surface area contributed by atoms with Gasteiger partial charge in [-0.05, 0) is 25.1 Å². The zero-order valence-corrected chi connectivity index (χ0v) is 13.2. The number of esters is 1. The van der Waals surface area contributed by atoms with Crippen molar-refractivity contribution in [3.8, 4) is 0 Å². The molecule has 2 amide bonds. The van der Waals surface area contributed by atoms with Gasteiger partial charge >= 0.3 is 12.0 Å². The Balaban J connectivity index is 1.73. The number of amides is 2. The maximum Gasteiger partial charge on any atom is 0.331 e. The number of carbonyl (C=O) groups excluding carboxylic acids is 2. The van der Waals surface area contributed by atoms with Crippen LogP contribution in [0, 0.1) is 0 Å². The molecule has 122 valence electrons. The van der Waals surface area contributed by atoms with Crippen LogP contribution in [0.1, 0.15) is 13.3 Å². The Labute approximate surface area is 132 Å². The minimum Gasteiger partial charge on any atom is -0.464 e. The van der Waals surface area contributed by atoms with E-state index in [-0.39, 0.29) is 0 Å². The van der Waals surface area contributed by atoms with Crippen LogP contribution in [-0.2, 0) is 9.53 Å². The number of aromatic nitrogens is 1. The van der Waals surface area contributed by atoms with Crippen molar-refractivity contribution in [1.29, 1.82) is 0 Å². The van der Waals surface area contributed by atoms with Gasteiger partial charge in [-0.1, -0.05) is 0 Å². The fraction of sp³-hybridized carbons (Fsp3) is 0.400. The molecular formula is C15H18N4O4. The van der Waals surface area contributed by atoms with Crippen LogP contribution in [0.15, 0.2) is 22.6 Å². The minimum absolute atomic E-state index is 0.313. The number of cyclic esters (lactones) is 1. The van der Waals surface area contributed by atoms with Crippen LogP contribution in [0.2, 0.25) is 0 Å². The quantitative estimate of drug-likeness (QED) is 0.837. The Hall–Kier alpha value is -2.77.